The molecule has 1 atom stereocenters. The summed E-state index contributed by atoms with van der Waals surface area (Å²) < 4.78 is 26.1. The van der Waals surface area contributed by atoms with Crippen molar-refractivity contribution in [3.05, 3.63) is 35.4 Å². The van der Waals surface area contributed by atoms with E-state index in [9.17, 15) is 13.6 Å². The number of hydrogen-bond acceptors (Lipinski definition) is 2. The molecule has 1 aromatic rings. The summed E-state index contributed by atoms with van der Waals surface area (Å²) in [6.45, 7) is 1.75. The van der Waals surface area contributed by atoms with Crippen LogP contribution in [0.5, 0.6) is 0 Å². The summed E-state index contributed by atoms with van der Waals surface area (Å²) in [5.41, 5.74) is -0.0182. The molecule has 0 saturated carbocycles. The molecule has 0 spiro atoms. The van der Waals surface area contributed by atoms with Crippen LogP contribution in [0.1, 0.15) is 18.9 Å². The molecule has 5 heteroatoms. The second kappa shape index (κ2) is 5.94. The molecule has 3 nitrogen and oxygen atoms in total. The number of halogens is 2. The molecule has 0 aromatic heterocycles. The van der Waals surface area contributed by atoms with Gasteiger partial charge in [-0.1, -0.05) is 19.1 Å². The molecule has 1 aromatic carbocycles. The zero-order valence-corrected chi connectivity index (χ0v) is 9.34. The van der Waals surface area contributed by atoms with Gasteiger partial charge in [0.2, 0.25) is 5.91 Å². The van der Waals surface area contributed by atoms with Gasteiger partial charge in [-0.25, -0.2) is 8.78 Å². The van der Waals surface area contributed by atoms with E-state index in [4.69, 9.17) is 5.26 Å². The third-order valence-electron chi connectivity index (χ3n) is 2.28. The highest BCUT2D eigenvalue weighted by atomic mass is 19.2. The van der Waals surface area contributed by atoms with Crippen LogP contribution in [-0.2, 0) is 11.2 Å². The van der Waals surface area contributed by atoms with Crippen molar-refractivity contribution in [3.63, 3.8) is 0 Å². The standard InChI is InChI=1S/C12H12F2N2O/c1-2-9(7-15)16-11(17)6-8-4-3-5-10(13)12(8)14/h3-5,9H,2,6H2,1H3,(H,16,17). The Morgan fingerprint density at radius 3 is 2.82 bits per heavy atom. The summed E-state index contributed by atoms with van der Waals surface area (Å²) in [6.07, 6.45) is 0.190. The molecule has 90 valence electrons. The lowest BCUT2D eigenvalue weighted by Crippen LogP contribution is -2.34. The molecule has 1 amide bonds. The van der Waals surface area contributed by atoms with Crippen LogP contribution in [0.2, 0.25) is 0 Å². The molecule has 17 heavy (non-hydrogen) atoms. The Labute approximate surface area is 98.1 Å². The van der Waals surface area contributed by atoms with E-state index in [1.807, 2.05) is 6.07 Å². The summed E-state index contributed by atoms with van der Waals surface area (Å²) >= 11 is 0. The molecule has 0 bridgehead atoms. The minimum Gasteiger partial charge on any atom is -0.340 e. The molecule has 0 heterocycles. The Kier molecular flexibility index (Phi) is 4.58. The van der Waals surface area contributed by atoms with Gasteiger partial charge < -0.3 is 5.32 Å². The van der Waals surface area contributed by atoms with Gasteiger partial charge >= 0.3 is 0 Å². The first-order valence-electron chi connectivity index (χ1n) is 5.20. The van der Waals surface area contributed by atoms with Crippen LogP contribution in [0, 0.1) is 23.0 Å². The van der Waals surface area contributed by atoms with E-state index in [1.165, 1.54) is 12.1 Å². The van der Waals surface area contributed by atoms with Crippen molar-refractivity contribution in [2.24, 2.45) is 0 Å². The lowest BCUT2D eigenvalue weighted by atomic mass is 10.1. The minimum atomic E-state index is -1.02. The summed E-state index contributed by atoms with van der Waals surface area (Å²) in [4.78, 5) is 11.5. The SMILES string of the molecule is CCC(C#N)NC(=O)Cc1cccc(F)c1F. The van der Waals surface area contributed by atoms with Crippen LogP contribution in [0.3, 0.4) is 0 Å². The highest BCUT2D eigenvalue weighted by Crippen LogP contribution is 2.11. The third kappa shape index (κ3) is 3.52. The second-order valence-corrected chi connectivity index (χ2v) is 3.55. The average Bonchev–Trinajstić information content (AvgIpc) is 2.32. The number of nitrogens with zero attached hydrogens (tertiary/aromatic N) is 1. The summed E-state index contributed by atoms with van der Waals surface area (Å²) in [5.74, 6) is -2.50. The number of hydrogen-bond donors (Lipinski definition) is 1. The predicted molar refractivity (Wildman–Crippen MR) is 57.9 cm³/mol. The molecule has 0 aliphatic carbocycles. The Balaban J connectivity index is 2.69. The van der Waals surface area contributed by atoms with Gasteiger partial charge in [-0.15, -0.1) is 0 Å². The predicted octanol–water partition coefficient (Wildman–Crippen LogP) is 1.93. The lowest BCUT2D eigenvalue weighted by Gasteiger charge is -2.09. The number of nitrogens with one attached hydrogen (secondary N) is 1. The van der Waals surface area contributed by atoms with Gasteiger partial charge in [0.25, 0.3) is 0 Å². The van der Waals surface area contributed by atoms with Crippen LogP contribution < -0.4 is 5.32 Å². The number of nitriles is 1. The Morgan fingerprint density at radius 2 is 2.24 bits per heavy atom. The average molecular weight is 238 g/mol. The van der Waals surface area contributed by atoms with Crippen molar-refractivity contribution < 1.29 is 13.6 Å². The van der Waals surface area contributed by atoms with E-state index in [1.54, 1.807) is 6.92 Å². The Hall–Kier alpha value is -1.96. The lowest BCUT2D eigenvalue weighted by molar-refractivity contribution is -0.120. The second-order valence-electron chi connectivity index (χ2n) is 3.55. The summed E-state index contributed by atoms with van der Waals surface area (Å²) in [6, 6.07) is 4.96. The molecular weight excluding hydrogens is 226 g/mol. The first-order valence-corrected chi connectivity index (χ1v) is 5.20. The van der Waals surface area contributed by atoms with E-state index < -0.39 is 23.6 Å². The zero-order valence-electron chi connectivity index (χ0n) is 9.34. The van der Waals surface area contributed by atoms with E-state index in [0.29, 0.717) is 6.42 Å². The molecule has 0 radical (unpaired) electrons. The maximum absolute atomic E-state index is 13.2. The fourth-order valence-corrected chi connectivity index (χ4v) is 1.33. The summed E-state index contributed by atoms with van der Waals surface area (Å²) in [5, 5.41) is 11.1. The first-order chi connectivity index (χ1) is 8.08. The molecular formula is C12H12F2N2O. The monoisotopic (exact) mass is 238 g/mol. The Morgan fingerprint density at radius 1 is 1.53 bits per heavy atom. The maximum Gasteiger partial charge on any atom is 0.225 e. The maximum atomic E-state index is 13.2. The van der Waals surface area contributed by atoms with Gasteiger partial charge in [-0.2, -0.15) is 5.26 Å². The van der Waals surface area contributed by atoms with Crippen LogP contribution in [0.4, 0.5) is 8.78 Å². The van der Waals surface area contributed by atoms with Gasteiger partial charge in [0.15, 0.2) is 11.6 Å². The molecule has 1 rings (SSSR count). The van der Waals surface area contributed by atoms with E-state index in [2.05, 4.69) is 5.32 Å². The fourth-order valence-electron chi connectivity index (χ4n) is 1.33. The van der Waals surface area contributed by atoms with Crippen molar-refractivity contribution in [2.75, 3.05) is 0 Å². The Bertz CT molecular complexity index is 454. The number of rotatable bonds is 4. The highest BCUT2D eigenvalue weighted by Gasteiger charge is 2.14. The van der Waals surface area contributed by atoms with E-state index in [-0.39, 0.29) is 12.0 Å². The molecule has 1 N–H and O–H groups in total. The number of benzene rings is 1. The van der Waals surface area contributed by atoms with Crippen molar-refractivity contribution in [1.29, 1.82) is 5.26 Å². The number of amides is 1. The van der Waals surface area contributed by atoms with Gasteiger partial charge in [0.05, 0.1) is 12.5 Å². The van der Waals surface area contributed by atoms with Crippen LogP contribution in [-0.4, -0.2) is 11.9 Å². The van der Waals surface area contributed by atoms with Crippen LogP contribution in [0.15, 0.2) is 18.2 Å². The number of carbonyl (C=O) groups is 1. The molecule has 0 saturated heterocycles. The summed E-state index contributed by atoms with van der Waals surface area (Å²) in [7, 11) is 0. The van der Waals surface area contributed by atoms with Crippen LogP contribution in [0.25, 0.3) is 0 Å². The zero-order chi connectivity index (χ0) is 12.8. The van der Waals surface area contributed by atoms with Crippen molar-refractivity contribution >= 4 is 5.91 Å². The normalized spacial score (nSPS) is 11.6. The van der Waals surface area contributed by atoms with Gasteiger partial charge in [0.1, 0.15) is 6.04 Å². The number of carbonyl (C=O) groups excluding carboxylic acids is 1. The van der Waals surface area contributed by atoms with Gasteiger partial charge in [0, 0.05) is 5.56 Å². The largest absolute Gasteiger partial charge is 0.340 e. The van der Waals surface area contributed by atoms with Gasteiger partial charge in [-0.3, -0.25) is 4.79 Å². The first kappa shape index (κ1) is 13.1. The smallest absolute Gasteiger partial charge is 0.225 e. The minimum absolute atomic E-state index is 0.0182. The topological polar surface area (TPSA) is 52.9 Å². The molecule has 0 fully saturated rings. The van der Waals surface area contributed by atoms with E-state index >= 15 is 0 Å². The van der Waals surface area contributed by atoms with Crippen molar-refractivity contribution in [3.8, 4) is 6.07 Å². The quantitative estimate of drug-likeness (QED) is 0.871. The van der Waals surface area contributed by atoms with Crippen molar-refractivity contribution in [2.45, 2.75) is 25.8 Å². The van der Waals surface area contributed by atoms with E-state index in [0.717, 1.165) is 6.07 Å². The molecule has 0 aliphatic heterocycles. The van der Waals surface area contributed by atoms with Crippen molar-refractivity contribution in [1.82, 2.24) is 5.32 Å². The third-order valence-corrected chi connectivity index (χ3v) is 2.28. The molecule has 0 aliphatic rings. The fraction of sp³-hybridized carbons (Fsp3) is 0.333. The highest BCUT2D eigenvalue weighted by molar-refractivity contribution is 5.79. The molecule has 1 unspecified atom stereocenters. The van der Waals surface area contributed by atoms with Crippen LogP contribution >= 0.6 is 0 Å². The van der Waals surface area contributed by atoms with Gasteiger partial charge in [-0.05, 0) is 12.5 Å².